The predicted molar refractivity (Wildman–Crippen MR) is 45.5 cm³/mol. The van der Waals surface area contributed by atoms with Crippen molar-refractivity contribution in [1.82, 2.24) is 4.90 Å². The van der Waals surface area contributed by atoms with Gasteiger partial charge in [-0.1, -0.05) is 6.08 Å². The average molecular weight is 160 g/mol. The maximum atomic E-state index is 5.97. The number of likely N-dealkylation sites (tertiary alicyclic amines) is 1. The minimum absolute atomic E-state index is 0.369. The van der Waals surface area contributed by atoms with Crippen molar-refractivity contribution in [2.24, 2.45) is 0 Å². The molecule has 58 valence electrons. The molecular formula is C8H14ClN. The molecule has 0 aromatic carbocycles. The summed E-state index contributed by atoms with van der Waals surface area (Å²) in [5.74, 6) is 0. The Kier molecular flexibility index (Phi) is 3.23. The third-order valence-electron chi connectivity index (χ3n) is 1.84. The molecule has 10 heavy (non-hydrogen) atoms. The molecular weight excluding hydrogens is 146 g/mol. The SMILES string of the molecule is C=CCN1CCCC(Cl)C1. The van der Waals surface area contributed by atoms with Crippen molar-refractivity contribution in [2.45, 2.75) is 18.2 Å². The second-order valence-electron chi connectivity index (χ2n) is 2.79. The number of piperidine rings is 1. The molecule has 1 unspecified atom stereocenters. The highest BCUT2D eigenvalue weighted by Crippen LogP contribution is 2.14. The van der Waals surface area contributed by atoms with Crippen molar-refractivity contribution in [3.63, 3.8) is 0 Å². The van der Waals surface area contributed by atoms with E-state index in [9.17, 15) is 0 Å². The zero-order valence-electron chi connectivity index (χ0n) is 6.22. The van der Waals surface area contributed by atoms with Crippen molar-refractivity contribution in [3.8, 4) is 0 Å². The molecule has 1 aliphatic heterocycles. The van der Waals surface area contributed by atoms with E-state index in [1.165, 1.54) is 19.4 Å². The summed E-state index contributed by atoms with van der Waals surface area (Å²) >= 11 is 5.97. The van der Waals surface area contributed by atoms with Crippen LogP contribution in [0.2, 0.25) is 0 Å². The molecule has 1 atom stereocenters. The van der Waals surface area contributed by atoms with Crippen LogP contribution in [0, 0.1) is 0 Å². The summed E-state index contributed by atoms with van der Waals surface area (Å²) < 4.78 is 0. The Balaban J connectivity index is 2.24. The summed E-state index contributed by atoms with van der Waals surface area (Å²) in [6.07, 6.45) is 4.35. The van der Waals surface area contributed by atoms with Crippen LogP contribution in [-0.4, -0.2) is 29.9 Å². The van der Waals surface area contributed by atoms with Gasteiger partial charge in [-0.3, -0.25) is 4.90 Å². The van der Waals surface area contributed by atoms with Crippen molar-refractivity contribution in [3.05, 3.63) is 12.7 Å². The van der Waals surface area contributed by atoms with Gasteiger partial charge in [-0.2, -0.15) is 0 Å². The molecule has 0 N–H and O–H groups in total. The van der Waals surface area contributed by atoms with Crippen LogP contribution in [-0.2, 0) is 0 Å². The average Bonchev–Trinajstić information content (AvgIpc) is 1.88. The molecule has 1 saturated heterocycles. The maximum Gasteiger partial charge on any atom is 0.0463 e. The van der Waals surface area contributed by atoms with Crippen molar-refractivity contribution >= 4 is 11.6 Å². The van der Waals surface area contributed by atoms with Crippen LogP contribution in [0.3, 0.4) is 0 Å². The van der Waals surface area contributed by atoms with E-state index >= 15 is 0 Å². The van der Waals surface area contributed by atoms with Gasteiger partial charge in [0, 0.05) is 18.5 Å². The molecule has 1 aliphatic rings. The fourth-order valence-corrected chi connectivity index (χ4v) is 1.70. The Morgan fingerprint density at radius 3 is 3.10 bits per heavy atom. The second kappa shape index (κ2) is 3.99. The first kappa shape index (κ1) is 8.09. The molecule has 0 aliphatic carbocycles. The minimum atomic E-state index is 0.369. The van der Waals surface area contributed by atoms with Gasteiger partial charge in [0.25, 0.3) is 0 Å². The third-order valence-corrected chi connectivity index (χ3v) is 2.19. The van der Waals surface area contributed by atoms with Gasteiger partial charge in [0.05, 0.1) is 0 Å². The third kappa shape index (κ3) is 2.31. The number of nitrogens with zero attached hydrogens (tertiary/aromatic N) is 1. The normalized spacial score (nSPS) is 28.3. The first-order chi connectivity index (χ1) is 4.83. The van der Waals surface area contributed by atoms with E-state index in [-0.39, 0.29) is 0 Å². The zero-order valence-corrected chi connectivity index (χ0v) is 6.98. The van der Waals surface area contributed by atoms with Crippen LogP contribution in [0.4, 0.5) is 0 Å². The lowest BCUT2D eigenvalue weighted by atomic mass is 10.1. The minimum Gasteiger partial charge on any atom is -0.298 e. The quantitative estimate of drug-likeness (QED) is 0.439. The van der Waals surface area contributed by atoms with Crippen LogP contribution in [0.5, 0.6) is 0 Å². The van der Waals surface area contributed by atoms with Gasteiger partial charge < -0.3 is 0 Å². The van der Waals surface area contributed by atoms with Crippen molar-refractivity contribution in [1.29, 1.82) is 0 Å². The number of halogens is 1. The van der Waals surface area contributed by atoms with Gasteiger partial charge >= 0.3 is 0 Å². The lowest BCUT2D eigenvalue weighted by Crippen LogP contribution is -2.35. The molecule has 0 radical (unpaired) electrons. The van der Waals surface area contributed by atoms with E-state index in [1.807, 2.05) is 6.08 Å². The highest BCUT2D eigenvalue weighted by molar-refractivity contribution is 6.20. The smallest absolute Gasteiger partial charge is 0.0463 e. The van der Waals surface area contributed by atoms with E-state index in [1.54, 1.807) is 0 Å². The van der Waals surface area contributed by atoms with Crippen LogP contribution in [0.15, 0.2) is 12.7 Å². The lowest BCUT2D eigenvalue weighted by molar-refractivity contribution is 0.255. The van der Waals surface area contributed by atoms with E-state index < -0.39 is 0 Å². The fraction of sp³-hybridized carbons (Fsp3) is 0.750. The molecule has 0 amide bonds. The van der Waals surface area contributed by atoms with Crippen molar-refractivity contribution < 1.29 is 0 Å². The first-order valence-electron chi connectivity index (χ1n) is 3.80. The highest BCUT2D eigenvalue weighted by atomic mass is 35.5. The number of rotatable bonds is 2. The fourth-order valence-electron chi connectivity index (χ4n) is 1.35. The number of hydrogen-bond acceptors (Lipinski definition) is 1. The molecule has 2 heteroatoms. The van der Waals surface area contributed by atoms with E-state index in [0.717, 1.165) is 13.1 Å². The molecule has 1 heterocycles. The van der Waals surface area contributed by atoms with E-state index in [0.29, 0.717) is 5.38 Å². The first-order valence-corrected chi connectivity index (χ1v) is 4.24. The van der Waals surface area contributed by atoms with E-state index in [2.05, 4.69) is 11.5 Å². The van der Waals surface area contributed by atoms with Gasteiger partial charge in [0.2, 0.25) is 0 Å². The molecule has 0 saturated carbocycles. The second-order valence-corrected chi connectivity index (χ2v) is 3.40. The van der Waals surface area contributed by atoms with Gasteiger partial charge in [0.15, 0.2) is 0 Å². The van der Waals surface area contributed by atoms with E-state index in [4.69, 9.17) is 11.6 Å². The summed E-state index contributed by atoms with van der Waals surface area (Å²) in [7, 11) is 0. The predicted octanol–water partition coefficient (Wildman–Crippen LogP) is 1.88. The Hall–Kier alpha value is -0.0100. The molecule has 1 rings (SSSR count). The number of hydrogen-bond donors (Lipinski definition) is 0. The Morgan fingerprint density at radius 2 is 2.50 bits per heavy atom. The largest absolute Gasteiger partial charge is 0.298 e. The van der Waals surface area contributed by atoms with Crippen LogP contribution in [0.25, 0.3) is 0 Å². The molecule has 1 fully saturated rings. The maximum absolute atomic E-state index is 5.97. The molecule has 0 aromatic heterocycles. The van der Waals surface area contributed by atoms with Crippen molar-refractivity contribution in [2.75, 3.05) is 19.6 Å². The summed E-state index contributed by atoms with van der Waals surface area (Å²) in [6, 6.07) is 0. The summed E-state index contributed by atoms with van der Waals surface area (Å²) in [6.45, 7) is 6.91. The highest BCUT2D eigenvalue weighted by Gasteiger charge is 2.15. The van der Waals surface area contributed by atoms with Crippen LogP contribution in [0.1, 0.15) is 12.8 Å². The zero-order chi connectivity index (χ0) is 7.40. The lowest BCUT2D eigenvalue weighted by Gasteiger charge is -2.28. The summed E-state index contributed by atoms with van der Waals surface area (Å²) in [5.41, 5.74) is 0. The standard InChI is InChI=1S/C8H14ClN/c1-2-5-10-6-3-4-8(9)7-10/h2,8H,1,3-7H2. The summed E-state index contributed by atoms with van der Waals surface area (Å²) in [4.78, 5) is 2.34. The molecule has 1 nitrogen and oxygen atoms in total. The number of alkyl halides is 1. The van der Waals surface area contributed by atoms with Gasteiger partial charge in [0.1, 0.15) is 0 Å². The van der Waals surface area contributed by atoms with Crippen LogP contribution < -0.4 is 0 Å². The Bertz CT molecular complexity index is 114. The van der Waals surface area contributed by atoms with Crippen LogP contribution >= 0.6 is 11.6 Å². The monoisotopic (exact) mass is 159 g/mol. The molecule has 0 spiro atoms. The Morgan fingerprint density at radius 1 is 1.70 bits per heavy atom. The van der Waals surface area contributed by atoms with Gasteiger partial charge in [-0.25, -0.2) is 0 Å². The van der Waals surface area contributed by atoms with Gasteiger partial charge in [-0.05, 0) is 19.4 Å². The topological polar surface area (TPSA) is 3.24 Å². The summed E-state index contributed by atoms with van der Waals surface area (Å²) in [5, 5.41) is 0.369. The van der Waals surface area contributed by atoms with Gasteiger partial charge in [-0.15, -0.1) is 18.2 Å². The molecule has 0 bridgehead atoms. The molecule has 0 aromatic rings. The Labute approximate surface area is 67.7 Å².